The summed E-state index contributed by atoms with van der Waals surface area (Å²) in [6, 6.07) is 9.43. The van der Waals surface area contributed by atoms with E-state index in [4.69, 9.17) is 0 Å². The average Bonchev–Trinajstić information content (AvgIpc) is 2.38. The van der Waals surface area contributed by atoms with Gasteiger partial charge in [-0.15, -0.1) is 13.2 Å². The van der Waals surface area contributed by atoms with Gasteiger partial charge in [0.15, 0.2) is 5.75 Å². The van der Waals surface area contributed by atoms with Gasteiger partial charge in [0.25, 0.3) is 10.0 Å². The first-order valence-corrected chi connectivity index (χ1v) is 8.50. The van der Waals surface area contributed by atoms with Gasteiger partial charge in [0.1, 0.15) is 4.90 Å². The van der Waals surface area contributed by atoms with Gasteiger partial charge in [-0.25, -0.2) is 8.42 Å². The highest BCUT2D eigenvalue weighted by molar-refractivity contribution is 9.10. The van der Waals surface area contributed by atoms with Crippen LogP contribution in [0.1, 0.15) is 5.56 Å². The second kappa shape index (κ2) is 6.40. The summed E-state index contributed by atoms with van der Waals surface area (Å²) in [6.07, 6.45) is -4.92. The van der Waals surface area contributed by atoms with Gasteiger partial charge in [-0.3, -0.25) is 4.72 Å². The number of ether oxygens (including phenoxy) is 1. The fourth-order valence-electron chi connectivity index (χ4n) is 1.79. The Bertz CT molecular complexity index is 822. The molecule has 0 amide bonds. The molecule has 9 heteroatoms. The number of benzene rings is 2. The molecule has 0 bridgehead atoms. The standard InChI is InChI=1S/C14H11BrF3NO3S/c1-9-6-7-13(10(15)8-9)23(20,21)19-11-4-2-3-5-12(11)22-14(16,17)18/h2-8,19H,1H3. The number of halogens is 4. The van der Waals surface area contributed by atoms with Crippen molar-refractivity contribution in [1.29, 1.82) is 0 Å². The molecule has 4 nitrogen and oxygen atoms in total. The molecule has 0 aliphatic carbocycles. The number of aryl methyl sites for hydroxylation is 1. The molecule has 0 atom stereocenters. The Hall–Kier alpha value is -1.74. The lowest BCUT2D eigenvalue weighted by molar-refractivity contribution is -0.274. The maximum Gasteiger partial charge on any atom is 0.573 e. The third-order valence-electron chi connectivity index (χ3n) is 2.73. The Kier molecular flexibility index (Phi) is 4.90. The molecule has 0 saturated carbocycles. The van der Waals surface area contributed by atoms with E-state index in [2.05, 4.69) is 25.4 Å². The summed E-state index contributed by atoms with van der Waals surface area (Å²) in [5.41, 5.74) is 0.522. The van der Waals surface area contributed by atoms with Gasteiger partial charge < -0.3 is 4.74 Å². The second-order valence-electron chi connectivity index (χ2n) is 4.58. The van der Waals surface area contributed by atoms with E-state index in [1.54, 1.807) is 19.1 Å². The van der Waals surface area contributed by atoms with E-state index in [1.807, 2.05) is 0 Å². The van der Waals surface area contributed by atoms with Gasteiger partial charge in [0, 0.05) is 4.47 Å². The molecule has 0 fully saturated rings. The Labute approximate surface area is 139 Å². The molecule has 1 N–H and O–H groups in total. The lowest BCUT2D eigenvalue weighted by Gasteiger charge is -2.15. The molecule has 0 aromatic heterocycles. The van der Waals surface area contributed by atoms with Crippen molar-refractivity contribution in [3.63, 3.8) is 0 Å². The lowest BCUT2D eigenvalue weighted by atomic mass is 10.2. The number of nitrogens with one attached hydrogen (secondary N) is 1. The number of hydrogen-bond acceptors (Lipinski definition) is 3. The van der Waals surface area contributed by atoms with E-state index in [0.717, 1.165) is 11.6 Å². The maximum absolute atomic E-state index is 12.4. The first-order valence-electron chi connectivity index (χ1n) is 6.22. The summed E-state index contributed by atoms with van der Waals surface area (Å²) < 4.78 is 68.1. The normalized spacial score (nSPS) is 12.0. The first kappa shape index (κ1) is 17.6. The minimum absolute atomic E-state index is 0.0927. The van der Waals surface area contributed by atoms with Crippen LogP contribution in [-0.2, 0) is 10.0 Å². The largest absolute Gasteiger partial charge is 0.573 e. The zero-order valence-corrected chi connectivity index (χ0v) is 14.1. The van der Waals surface area contributed by atoms with Crippen LogP contribution in [0, 0.1) is 6.92 Å². The minimum Gasteiger partial charge on any atom is -0.404 e. The monoisotopic (exact) mass is 409 g/mol. The van der Waals surface area contributed by atoms with Gasteiger partial charge in [0.05, 0.1) is 5.69 Å². The van der Waals surface area contributed by atoms with Crippen LogP contribution in [0.2, 0.25) is 0 Å². The smallest absolute Gasteiger partial charge is 0.404 e. The molecule has 2 aromatic rings. The molecule has 0 saturated heterocycles. The molecule has 2 rings (SSSR count). The number of anilines is 1. The van der Waals surface area contributed by atoms with E-state index >= 15 is 0 Å². The number of hydrogen-bond donors (Lipinski definition) is 1. The number of alkyl halides is 3. The lowest BCUT2D eigenvalue weighted by Crippen LogP contribution is -2.20. The number of sulfonamides is 1. The highest BCUT2D eigenvalue weighted by Crippen LogP contribution is 2.32. The van der Waals surface area contributed by atoms with Gasteiger partial charge in [-0.2, -0.15) is 0 Å². The second-order valence-corrected chi connectivity index (χ2v) is 7.09. The molecule has 0 spiro atoms. The Morgan fingerprint density at radius 3 is 2.39 bits per heavy atom. The average molecular weight is 410 g/mol. The SMILES string of the molecule is Cc1ccc(S(=O)(=O)Nc2ccccc2OC(F)(F)F)c(Br)c1. The molecular formula is C14H11BrF3NO3S. The maximum atomic E-state index is 12.4. The van der Waals surface area contributed by atoms with Gasteiger partial charge >= 0.3 is 6.36 Å². The Balaban J connectivity index is 2.38. The molecule has 0 aliphatic rings. The van der Waals surface area contributed by atoms with Crippen molar-refractivity contribution in [2.45, 2.75) is 18.2 Å². The van der Waals surface area contributed by atoms with E-state index in [-0.39, 0.29) is 10.6 Å². The topological polar surface area (TPSA) is 55.4 Å². The highest BCUT2D eigenvalue weighted by Gasteiger charge is 2.32. The summed E-state index contributed by atoms with van der Waals surface area (Å²) in [5.74, 6) is -0.633. The zero-order valence-electron chi connectivity index (χ0n) is 11.7. The fraction of sp³-hybridized carbons (Fsp3) is 0.143. The van der Waals surface area contributed by atoms with Crippen molar-refractivity contribution in [3.05, 3.63) is 52.5 Å². The Morgan fingerprint density at radius 2 is 1.78 bits per heavy atom. The molecule has 2 aromatic carbocycles. The third-order valence-corrected chi connectivity index (χ3v) is 5.08. The van der Waals surface area contributed by atoms with Crippen LogP contribution < -0.4 is 9.46 Å². The van der Waals surface area contributed by atoms with E-state index < -0.39 is 22.1 Å². The first-order chi connectivity index (χ1) is 10.6. The van der Waals surface area contributed by atoms with Crippen LogP contribution in [-0.4, -0.2) is 14.8 Å². The van der Waals surface area contributed by atoms with Crippen molar-refractivity contribution >= 4 is 31.6 Å². The van der Waals surface area contributed by atoms with Crippen molar-refractivity contribution in [3.8, 4) is 5.75 Å². The van der Waals surface area contributed by atoms with Crippen molar-refractivity contribution in [2.75, 3.05) is 4.72 Å². The van der Waals surface area contributed by atoms with Crippen LogP contribution in [0.15, 0.2) is 51.8 Å². The molecule has 0 unspecified atom stereocenters. The summed E-state index contributed by atoms with van der Waals surface area (Å²) in [7, 11) is -4.08. The van der Waals surface area contributed by atoms with Crippen molar-refractivity contribution < 1.29 is 26.3 Å². The van der Waals surface area contributed by atoms with Crippen molar-refractivity contribution in [2.24, 2.45) is 0 Å². The Morgan fingerprint density at radius 1 is 1.13 bits per heavy atom. The van der Waals surface area contributed by atoms with Gasteiger partial charge in [-0.1, -0.05) is 18.2 Å². The predicted molar refractivity (Wildman–Crippen MR) is 82.8 cm³/mol. The minimum atomic E-state index is -4.92. The fourth-order valence-corrected chi connectivity index (χ4v) is 4.05. The van der Waals surface area contributed by atoms with Crippen LogP contribution in [0.5, 0.6) is 5.75 Å². The third kappa shape index (κ3) is 4.61. The van der Waals surface area contributed by atoms with E-state index in [1.165, 1.54) is 24.3 Å². The van der Waals surface area contributed by atoms with E-state index in [0.29, 0.717) is 4.47 Å². The molecular weight excluding hydrogens is 399 g/mol. The van der Waals surface area contributed by atoms with Crippen LogP contribution in [0.3, 0.4) is 0 Å². The summed E-state index contributed by atoms with van der Waals surface area (Å²) >= 11 is 3.13. The predicted octanol–water partition coefficient (Wildman–Crippen LogP) is 4.46. The molecule has 0 radical (unpaired) electrons. The molecule has 23 heavy (non-hydrogen) atoms. The molecule has 124 valence electrons. The summed E-state index contributed by atoms with van der Waals surface area (Å²) in [4.78, 5) is -0.0927. The van der Waals surface area contributed by atoms with Gasteiger partial charge in [-0.05, 0) is 52.7 Å². The van der Waals surface area contributed by atoms with E-state index in [9.17, 15) is 21.6 Å². The number of para-hydroxylation sites is 2. The van der Waals surface area contributed by atoms with Crippen LogP contribution in [0.25, 0.3) is 0 Å². The highest BCUT2D eigenvalue weighted by atomic mass is 79.9. The number of rotatable bonds is 4. The summed E-state index contributed by atoms with van der Waals surface area (Å²) in [6.45, 7) is 1.78. The van der Waals surface area contributed by atoms with Crippen molar-refractivity contribution in [1.82, 2.24) is 0 Å². The molecule has 0 aliphatic heterocycles. The van der Waals surface area contributed by atoms with Crippen LogP contribution >= 0.6 is 15.9 Å². The quantitative estimate of drug-likeness (QED) is 0.810. The zero-order chi connectivity index (χ0) is 17.3. The van der Waals surface area contributed by atoms with Crippen LogP contribution in [0.4, 0.5) is 18.9 Å². The molecule has 0 heterocycles. The van der Waals surface area contributed by atoms with Gasteiger partial charge in [0.2, 0.25) is 0 Å². The summed E-state index contributed by atoms with van der Waals surface area (Å²) in [5, 5.41) is 0.